The molecule has 0 fully saturated rings. The van der Waals surface area contributed by atoms with E-state index in [2.05, 4.69) is 16.0 Å². The lowest BCUT2D eigenvalue weighted by molar-refractivity contribution is -0.122. The van der Waals surface area contributed by atoms with Gasteiger partial charge in [0.15, 0.2) is 6.10 Å². The van der Waals surface area contributed by atoms with Gasteiger partial charge in [-0.05, 0) is 49.4 Å². The van der Waals surface area contributed by atoms with Gasteiger partial charge in [-0.3, -0.25) is 14.4 Å². The molecule has 1 unspecified atom stereocenters. The van der Waals surface area contributed by atoms with Gasteiger partial charge >= 0.3 is 0 Å². The number of anilines is 3. The Morgan fingerprint density at radius 2 is 1.72 bits per heavy atom. The van der Waals surface area contributed by atoms with Gasteiger partial charge in [0.25, 0.3) is 11.8 Å². The lowest BCUT2D eigenvalue weighted by Crippen LogP contribution is -2.34. The zero-order chi connectivity index (χ0) is 18.0. The zero-order valence-corrected chi connectivity index (χ0v) is 13.8. The molecule has 7 heteroatoms. The van der Waals surface area contributed by atoms with Gasteiger partial charge in [0.05, 0.1) is 5.69 Å². The Balaban J connectivity index is 1.72. The number of ether oxygens (including phenoxy) is 1. The van der Waals surface area contributed by atoms with Gasteiger partial charge < -0.3 is 20.7 Å². The molecule has 1 aliphatic rings. The molecule has 0 aromatic heterocycles. The summed E-state index contributed by atoms with van der Waals surface area (Å²) in [6.45, 7) is 3.08. The van der Waals surface area contributed by atoms with E-state index >= 15 is 0 Å². The Bertz CT molecular complexity index is 846. The second-order valence-electron chi connectivity index (χ2n) is 5.67. The summed E-state index contributed by atoms with van der Waals surface area (Å²) < 4.78 is 5.47. The van der Waals surface area contributed by atoms with E-state index in [1.807, 2.05) is 0 Å². The number of rotatable bonds is 3. The molecule has 3 N–H and O–H groups in total. The van der Waals surface area contributed by atoms with E-state index < -0.39 is 6.10 Å². The second kappa shape index (κ2) is 6.64. The van der Waals surface area contributed by atoms with E-state index in [1.165, 1.54) is 6.92 Å². The van der Waals surface area contributed by atoms with Crippen molar-refractivity contribution in [2.45, 2.75) is 20.0 Å². The molecule has 1 atom stereocenters. The lowest BCUT2D eigenvalue weighted by Gasteiger charge is -2.23. The molecule has 128 valence electrons. The van der Waals surface area contributed by atoms with Crippen LogP contribution in [0.3, 0.4) is 0 Å². The number of nitrogens with one attached hydrogen (secondary N) is 3. The molecule has 3 amide bonds. The van der Waals surface area contributed by atoms with Gasteiger partial charge in [0.2, 0.25) is 5.91 Å². The van der Waals surface area contributed by atoms with Crippen LogP contribution in [0, 0.1) is 0 Å². The highest BCUT2D eigenvalue weighted by molar-refractivity contribution is 6.05. The molecule has 1 heterocycles. The van der Waals surface area contributed by atoms with E-state index in [0.717, 1.165) is 0 Å². The van der Waals surface area contributed by atoms with E-state index in [4.69, 9.17) is 4.74 Å². The maximum Gasteiger partial charge on any atom is 0.265 e. The van der Waals surface area contributed by atoms with Crippen molar-refractivity contribution in [2.24, 2.45) is 0 Å². The van der Waals surface area contributed by atoms with Crippen LogP contribution in [0.2, 0.25) is 0 Å². The molecule has 0 saturated heterocycles. The normalized spacial score (nSPS) is 15.4. The quantitative estimate of drug-likeness (QED) is 0.801. The first kappa shape index (κ1) is 16.5. The molecular weight excluding hydrogens is 322 g/mol. The maximum atomic E-state index is 12.3. The van der Waals surface area contributed by atoms with E-state index in [9.17, 15) is 14.4 Å². The zero-order valence-electron chi connectivity index (χ0n) is 13.8. The number of fused-ring (bicyclic) bond motifs is 1. The minimum absolute atomic E-state index is 0.176. The summed E-state index contributed by atoms with van der Waals surface area (Å²) in [6, 6.07) is 11.6. The molecule has 0 bridgehead atoms. The largest absolute Gasteiger partial charge is 0.479 e. The van der Waals surface area contributed by atoms with Crippen molar-refractivity contribution in [1.29, 1.82) is 0 Å². The summed E-state index contributed by atoms with van der Waals surface area (Å²) in [4.78, 5) is 35.0. The molecule has 2 aromatic rings. The highest BCUT2D eigenvalue weighted by Gasteiger charge is 2.23. The Hall–Kier alpha value is -3.35. The molecule has 1 aliphatic heterocycles. The van der Waals surface area contributed by atoms with Gasteiger partial charge in [-0.1, -0.05) is 0 Å². The standard InChI is InChI=1S/C18H17N3O4/c1-10-17(23)21-15-9-14(7-8-16(15)25-10)20-18(24)12-3-5-13(6-4-12)19-11(2)22/h3-10H,1-2H3,(H,19,22)(H,20,24)(H,21,23). The van der Waals surface area contributed by atoms with Crippen molar-refractivity contribution in [3.63, 3.8) is 0 Å². The fraction of sp³-hybridized carbons (Fsp3) is 0.167. The maximum absolute atomic E-state index is 12.3. The average Bonchev–Trinajstić information content (AvgIpc) is 2.56. The lowest BCUT2D eigenvalue weighted by atomic mass is 10.1. The van der Waals surface area contributed by atoms with E-state index in [-0.39, 0.29) is 17.7 Å². The average molecular weight is 339 g/mol. The fourth-order valence-corrected chi connectivity index (χ4v) is 2.40. The Morgan fingerprint density at radius 3 is 2.40 bits per heavy atom. The van der Waals surface area contributed by atoms with Gasteiger partial charge in [-0.2, -0.15) is 0 Å². The number of hydrogen-bond acceptors (Lipinski definition) is 4. The molecule has 0 spiro atoms. The number of carbonyl (C=O) groups excluding carboxylic acids is 3. The summed E-state index contributed by atoms with van der Waals surface area (Å²) in [5.41, 5.74) is 2.11. The molecule has 3 rings (SSSR count). The highest BCUT2D eigenvalue weighted by Crippen LogP contribution is 2.32. The van der Waals surface area contributed by atoms with Crippen molar-refractivity contribution in [2.75, 3.05) is 16.0 Å². The topological polar surface area (TPSA) is 96.5 Å². The van der Waals surface area contributed by atoms with Gasteiger partial charge in [-0.15, -0.1) is 0 Å². The van der Waals surface area contributed by atoms with Crippen LogP contribution in [0.4, 0.5) is 17.1 Å². The molecule has 25 heavy (non-hydrogen) atoms. The van der Waals surface area contributed by atoms with Crippen LogP contribution >= 0.6 is 0 Å². The summed E-state index contributed by atoms with van der Waals surface area (Å²) in [7, 11) is 0. The van der Waals surface area contributed by atoms with Crippen LogP contribution in [0.15, 0.2) is 42.5 Å². The number of carbonyl (C=O) groups is 3. The van der Waals surface area contributed by atoms with Gasteiger partial charge in [0, 0.05) is 23.9 Å². The first-order valence-electron chi connectivity index (χ1n) is 7.73. The molecular formula is C18H17N3O4. The molecule has 0 saturated carbocycles. The molecule has 0 aliphatic carbocycles. The monoisotopic (exact) mass is 339 g/mol. The third-order valence-electron chi connectivity index (χ3n) is 3.64. The predicted molar refractivity (Wildman–Crippen MR) is 93.9 cm³/mol. The second-order valence-corrected chi connectivity index (χ2v) is 5.67. The number of benzene rings is 2. The van der Waals surface area contributed by atoms with Gasteiger partial charge in [-0.25, -0.2) is 0 Å². The molecule has 7 nitrogen and oxygen atoms in total. The SMILES string of the molecule is CC(=O)Nc1ccc(C(=O)Nc2ccc3c(c2)NC(=O)C(C)O3)cc1. The third-order valence-corrected chi connectivity index (χ3v) is 3.64. The first-order chi connectivity index (χ1) is 11.9. The fourth-order valence-electron chi connectivity index (χ4n) is 2.40. The smallest absolute Gasteiger partial charge is 0.265 e. The van der Waals surface area contributed by atoms with Crippen LogP contribution in [0.25, 0.3) is 0 Å². The van der Waals surface area contributed by atoms with Gasteiger partial charge in [0.1, 0.15) is 5.75 Å². The number of amides is 3. The van der Waals surface area contributed by atoms with Crippen molar-refractivity contribution >= 4 is 34.8 Å². The predicted octanol–water partition coefficient (Wildman–Crippen LogP) is 2.62. The van der Waals surface area contributed by atoms with E-state index in [1.54, 1.807) is 49.4 Å². The van der Waals surface area contributed by atoms with Crippen molar-refractivity contribution in [3.8, 4) is 5.75 Å². The Morgan fingerprint density at radius 1 is 1.04 bits per heavy atom. The van der Waals surface area contributed by atoms with Crippen molar-refractivity contribution in [1.82, 2.24) is 0 Å². The van der Waals surface area contributed by atoms with Crippen molar-refractivity contribution in [3.05, 3.63) is 48.0 Å². The minimum atomic E-state index is -0.546. The summed E-state index contributed by atoms with van der Waals surface area (Å²) in [6.07, 6.45) is -0.546. The van der Waals surface area contributed by atoms with Crippen LogP contribution < -0.4 is 20.7 Å². The van der Waals surface area contributed by atoms with Crippen LogP contribution in [-0.4, -0.2) is 23.8 Å². The van der Waals surface area contributed by atoms with Crippen LogP contribution in [0.1, 0.15) is 24.2 Å². The Labute approximate surface area is 144 Å². The summed E-state index contributed by atoms with van der Waals surface area (Å²) in [5, 5.41) is 8.13. The van der Waals surface area contributed by atoms with Crippen LogP contribution in [0.5, 0.6) is 5.75 Å². The molecule has 0 radical (unpaired) electrons. The molecule has 2 aromatic carbocycles. The van der Waals surface area contributed by atoms with Crippen molar-refractivity contribution < 1.29 is 19.1 Å². The third kappa shape index (κ3) is 3.77. The first-order valence-corrected chi connectivity index (χ1v) is 7.73. The summed E-state index contributed by atoms with van der Waals surface area (Å²) >= 11 is 0. The van der Waals surface area contributed by atoms with E-state index in [0.29, 0.717) is 28.4 Å². The Kier molecular flexibility index (Phi) is 4.38. The highest BCUT2D eigenvalue weighted by atomic mass is 16.5. The van der Waals surface area contributed by atoms with Crippen LogP contribution in [-0.2, 0) is 9.59 Å². The minimum Gasteiger partial charge on any atom is -0.479 e. The number of hydrogen-bond donors (Lipinski definition) is 3. The summed E-state index contributed by atoms with van der Waals surface area (Å²) in [5.74, 6) is -0.148.